The Labute approximate surface area is 56.9 Å². The third-order valence-corrected chi connectivity index (χ3v) is 1.65. The smallest absolute Gasteiger partial charge is 0.188 e. The van der Waals surface area contributed by atoms with Crippen LogP contribution < -0.4 is 5.43 Å². The summed E-state index contributed by atoms with van der Waals surface area (Å²) in [7, 11) is 0. The quantitative estimate of drug-likeness (QED) is 0.583. The van der Waals surface area contributed by atoms with E-state index in [0.717, 1.165) is 0 Å². The van der Waals surface area contributed by atoms with Crippen LogP contribution in [0.15, 0.2) is 4.79 Å². The van der Waals surface area contributed by atoms with E-state index >= 15 is 0 Å². The van der Waals surface area contributed by atoms with Gasteiger partial charge < -0.3 is 0 Å². The SMILES string of the molecule is O=c1c(CCl)c1CCl. The van der Waals surface area contributed by atoms with Crippen molar-refractivity contribution in [2.45, 2.75) is 11.8 Å². The number of alkyl halides is 2. The lowest BCUT2D eigenvalue weighted by Crippen LogP contribution is -1.76. The molecule has 1 aromatic rings. The zero-order valence-corrected chi connectivity index (χ0v) is 5.59. The van der Waals surface area contributed by atoms with E-state index in [9.17, 15) is 4.79 Å². The first-order valence-corrected chi connectivity index (χ1v) is 3.26. The van der Waals surface area contributed by atoms with E-state index in [2.05, 4.69) is 0 Å². The van der Waals surface area contributed by atoms with Gasteiger partial charge in [-0.1, -0.05) is 0 Å². The molecule has 0 aliphatic heterocycles. The summed E-state index contributed by atoms with van der Waals surface area (Å²) < 4.78 is 0. The van der Waals surface area contributed by atoms with Crippen LogP contribution in [-0.4, -0.2) is 0 Å². The second kappa shape index (κ2) is 2.08. The lowest BCUT2D eigenvalue weighted by molar-refractivity contribution is 1.45. The summed E-state index contributed by atoms with van der Waals surface area (Å²) in [5.41, 5.74) is 1.48. The fourth-order valence-corrected chi connectivity index (χ4v) is 1.10. The van der Waals surface area contributed by atoms with Crippen molar-refractivity contribution in [1.29, 1.82) is 0 Å². The van der Waals surface area contributed by atoms with Crippen LogP contribution in [-0.2, 0) is 11.8 Å². The summed E-state index contributed by atoms with van der Waals surface area (Å²) in [6.07, 6.45) is 0. The van der Waals surface area contributed by atoms with E-state index in [1.165, 1.54) is 0 Å². The van der Waals surface area contributed by atoms with Crippen LogP contribution in [0.2, 0.25) is 0 Å². The predicted octanol–water partition coefficient (Wildman–Crippen LogP) is 1.40. The van der Waals surface area contributed by atoms with E-state index in [4.69, 9.17) is 23.2 Å². The van der Waals surface area contributed by atoms with Crippen molar-refractivity contribution in [1.82, 2.24) is 0 Å². The van der Waals surface area contributed by atoms with Crippen molar-refractivity contribution >= 4 is 23.2 Å². The highest BCUT2D eigenvalue weighted by Crippen LogP contribution is 2.13. The first kappa shape index (κ1) is 6.12. The molecule has 44 valence electrons. The largest absolute Gasteiger partial charge is 0.289 e. The molecule has 0 saturated carbocycles. The van der Waals surface area contributed by atoms with Crippen LogP contribution in [0, 0.1) is 0 Å². The monoisotopic (exact) mass is 150 g/mol. The topological polar surface area (TPSA) is 17.1 Å². The molecule has 0 aliphatic rings. The molecule has 3 heteroatoms. The zero-order chi connectivity index (χ0) is 6.15. The van der Waals surface area contributed by atoms with Crippen molar-refractivity contribution in [2.24, 2.45) is 0 Å². The summed E-state index contributed by atoms with van der Waals surface area (Å²) in [6.45, 7) is 0. The maximum atomic E-state index is 10.4. The molecule has 0 saturated heterocycles. The predicted molar refractivity (Wildman–Crippen MR) is 34.2 cm³/mol. The van der Waals surface area contributed by atoms with Gasteiger partial charge in [0.25, 0.3) is 0 Å². The minimum atomic E-state index is 0.0648. The van der Waals surface area contributed by atoms with Gasteiger partial charge in [-0.25, -0.2) is 0 Å². The molecule has 0 N–H and O–H groups in total. The molecule has 0 amide bonds. The Morgan fingerprint density at radius 1 is 1.12 bits per heavy atom. The zero-order valence-electron chi connectivity index (χ0n) is 4.08. The van der Waals surface area contributed by atoms with Gasteiger partial charge in [-0.15, -0.1) is 23.2 Å². The summed E-state index contributed by atoms with van der Waals surface area (Å²) in [5, 5.41) is 0. The van der Waals surface area contributed by atoms with Crippen LogP contribution >= 0.6 is 23.2 Å². The van der Waals surface area contributed by atoms with E-state index in [1.54, 1.807) is 0 Å². The van der Waals surface area contributed by atoms with Crippen molar-refractivity contribution < 1.29 is 0 Å². The van der Waals surface area contributed by atoms with Gasteiger partial charge in [0.2, 0.25) is 0 Å². The normalized spacial score (nSPS) is 10.8. The van der Waals surface area contributed by atoms with Crippen molar-refractivity contribution in [3.63, 3.8) is 0 Å². The van der Waals surface area contributed by atoms with Gasteiger partial charge in [0.1, 0.15) is 0 Å². The first-order valence-electron chi connectivity index (χ1n) is 2.20. The molecular formula is C5H4Cl2O. The Morgan fingerprint density at radius 3 is 1.62 bits per heavy atom. The third-order valence-electron chi connectivity index (χ3n) is 1.12. The summed E-state index contributed by atoms with van der Waals surface area (Å²) in [4.78, 5) is 10.4. The van der Waals surface area contributed by atoms with Crippen molar-refractivity contribution in [3.05, 3.63) is 21.4 Å². The fraction of sp³-hybridized carbons (Fsp3) is 0.400. The number of halogens is 2. The lowest BCUT2D eigenvalue weighted by Gasteiger charge is -1.69. The highest BCUT2D eigenvalue weighted by atomic mass is 35.5. The number of hydrogen-bond donors (Lipinski definition) is 0. The van der Waals surface area contributed by atoms with Gasteiger partial charge in [-0.05, 0) is 0 Å². The maximum Gasteiger partial charge on any atom is 0.188 e. The minimum absolute atomic E-state index is 0.0648. The molecule has 1 rings (SSSR count). The summed E-state index contributed by atoms with van der Waals surface area (Å²) in [6, 6.07) is 0. The van der Waals surface area contributed by atoms with Gasteiger partial charge in [0.15, 0.2) is 5.43 Å². The standard InChI is InChI=1S/C5H4Cl2O/c6-1-3-4(2-7)5(3)8/h1-2H2. The number of hydrogen-bond acceptors (Lipinski definition) is 1. The molecule has 0 fully saturated rings. The Bertz CT molecular complexity index is 178. The van der Waals surface area contributed by atoms with Gasteiger partial charge >= 0.3 is 0 Å². The average Bonchev–Trinajstić information content (AvgIpc) is 2.40. The molecular weight excluding hydrogens is 147 g/mol. The Morgan fingerprint density at radius 2 is 1.50 bits per heavy atom. The number of rotatable bonds is 2. The van der Waals surface area contributed by atoms with Gasteiger partial charge in [-0.2, -0.15) is 0 Å². The van der Waals surface area contributed by atoms with Crippen molar-refractivity contribution in [2.75, 3.05) is 0 Å². The molecule has 0 bridgehead atoms. The molecule has 0 spiro atoms. The van der Waals surface area contributed by atoms with Crippen LogP contribution in [0.3, 0.4) is 0 Å². The van der Waals surface area contributed by atoms with Crippen LogP contribution in [0.4, 0.5) is 0 Å². The first-order chi connectivity index (χ1) is 3.81. The Balaban J connectivity index is 2.70. The Kier molecular flexibility index (Phi) is 1.59. The highest BCUT2D eigenvalue weighted by Gasteiger charge is 2.18. The average molecular weight is 151 g/mol. The summed E-state index contributed by atoms with van der Waals surface area (Å²) in [5.74, 6) is 0.641. The van der Waals surface area contributed by atoms with Crippen LogP contribution in [0.25, 0.3) is 0 Å². The summed E-state index contributed by atoms with van der Waals surface area (Å²) >= 11 is 10.7. The maximum absolute atomic E-state index is 10.4. The van der Waals surface area contributed by atoms with Gasteiger partial charge in [-0.3, -0.25) is 4.79 Å². The van der Waals surface area contributed by atoms with Crippen molar-refractivity contribution in [3.8, 4) is 0 Å². The van der Waals surface area contributed by atoms with Crippen LogP contribution in [0.5, 0.6) is 0 Å². The molecule has 0 aliphatic carbocycles. The van der Waals surface area contributed by atoms with E-state index < -0.39 is 0 Å². The molecule has 0 heterocycles. The molecule has 0 unspecified atom stereocenters. The van der Waals surface area contributed by atoms with Gasteiger partial charge in [0, 0.05) is 11.1 Å². The lowest BCUT2D eigenvalue weighted by atomic mass is 10.5. The second-order valence-corrected chi connectivity index (χ2v) is 2.09. The third kappa shape index (κ3) is 0.762. The Hall–Kier alpha value is -0.0100. The highest BCUT2D eigenvalue weighted by molar-refractivity contribution is 6.19. The fourth-order valence-electron chi connectivity index (χ4n) is 0.531. The second-order valence-electron chi connectivity index (χ2n) is 1.55. The molecule has 8 heavy (non-hydrogen) atoms. The molecule has 0 aromatic heterocycles. The minimum Gasteiger partial charge on any atom is -0.289 e. The van der Waals surface area contributed by atoms with E-state index in [-0.39, 0.29) is 5.43 Å². The van der Waals surface area contributed by atoms with Crippen LogP contribution in [0.1, 0.15) is 11.1 Å². The molecule has 0 radical (unpaired) electrons. The van der Waals surface area contributed by atoms with Gasteiger partial charge in [0.05, 0.1) is 11.8 Å². The molecule has 0 atom stereocenters. The van der Waals surface area contributed by atoms with E-state index in [1.807, 2.05) is 0 Å². The molecule has 1 nitrogen and oxygen atoms in total. The molecule has 1 aromatic carbocycles. The van der Waals surface area contributed by atoms with E-state index in [0.29, 0.717) is 22.9 Å².